The Bertz CT molecular complexity index is 426. The molecule has 1 atom stereocenters. The molecule has 0 saturated heterocycles. The van der Waals surface area contributed by atoms with Gasteiger partial charge in [0.15, 0.2) is 0 Å². The number of carbonyl (C=O) groups is 1. The molecule has 0 spiro atoms. The molecule has 5 heteroatoms. The summed E-state index contributed by atoms with van der Waals surface area (Å²) in [5.74, 6) is -0.681. The summed E-state index contributed by atoms with van der Waals surface area (Å²) >= 11 is 0. The highest BCUT2D eigenvalue weighted by atomic mass is 19.1. The molecule has 1 aromatic rings. The second-order valence-corrected chi connectivity index (χ2v) is 4.55. The molecule has 0 heterocycles. The van der Waals surface area contributed by atoms with Crippen molar-refractivity contribution >= 4 is 5.97 Å². The summed E-state index contributed by atoms with van der Waals surface area (Å²) in [6, 6.07) is 2.85. The van der Waals surface area contributed by atoms with Gasteiger partial charge in [-0.05, 0) is 43.0 Å². The van der Waals surface area contributed by atoms with Crippen LogP contribution in [0.3, 0.4) is 0 Å². The summed E-state index contributed by atoms with van der Waals surface area (Å²) in [4.78, 5) is 11.7. The first-order valence-corrected chi connectivity index (χ1v) is 5.91. The number of halogens is 1. The normalized spacial score (nSPS) is 16.3. The molecule has 1 aliphatic carbocycles. The summed E-state index contributed by atoms with van der Waals surface area (Å²) in [5, 5.41) is 12.4. The predicted octanol–water partition coefficient (Wildman–Crippen LogP) is 1.74. The van der Waals surface area contributed by atoms with Crippen LogP contribution in [0.5, 0.6) is 5.75 Å². The summed E-state index contributed by atoms with van der Waals surface area (Å²) < 4.78 is 17.9. The van der Waals surface area contributed by atoms with Crippen molar-refractivity contribution in [1.82, 2.24) is 5.32 Å². The molecule has 0 aliphatic heterocycles. The van der Waals surface area contributed by atoms with Crippen LogP contribution >= 0.6 is 0 Å². The fourth-order valence-electron chi connectivity index (χ4n) is 1.82. The molecule has 98 valence electrons. The van der Waals surface area contributed by atoms with Crippen LogP contribution in [0, 0.1) is 11.7 Å². The first-order valence-electron chi connectivity index (χ1n) is 5.91. The standard InChI is InChI=1S/C13H16FNO3/c1-18-13(17)12(15-7-8-2-3-8)9-4-10(14)6-11(16)5-9/h4-6,8,12,15-16H,2-3,7H2,1H3. The third kappa shape index (κ3) is 3.20. The van der Waals surface area contributed by atoms with E-state index in [4.69, 9.17) is 4.74 Å². The minimum absolute atomic E-state index is 0.202. The summed E-state index contributed by atoms with van der Waals surface area (Å²) in [7, 11) is 1.29. The van der Waals surface area contributed by atoms with Crippen LogP contribution in [-0.2, 0) is 9.53 Å². The number of esters is 1. The van der Waals surface area contributed by atoms with Crippen molar-refractivity contribution in [3.05, 3.63) is 29.6 Å². The predicted molar refractivity (Wildman–Crippen MR) is 63.5 cm³/mol. The van der Waals surface area contributed by atoms with Crippen molar-refractivity contribution in [2.24, 2.45) is 5.92 Å². The summed E-state index contributed by atoms with van der Waals surface area (Å²) in [6.07, 6.45) is 2.30. The van der Waals surface area contributed by atoms with E-state index in [1.807, 2.05) is 0 Å². The number of rotatable bonds is 5. The number of hydrogen-bond donors (Lipinski definition) is 2. The molecule has 0 bridgehead atoms. The highest BCUT2D eigenvalue weighted by Gasteiger charge is 2.27. The van der Waals surface area contributed by atoms with E-state index in [2.05, 4.69) is 5.32 Å². The number of methoxy groups -OCH3 is 1. The van der Waals surface area contributed by atoms with Gasteiger partial charge >= 0.3 is 5.97 Å². The molecule has 1 fully saturated rings. The average molecular weight is 253 g/mol. The SMILES string of the molecule is COC(=O)C(NCC1CC1)c1cc(O)cc(F)c1. The fraction of sp³-hybridized carbons (Fsp3) is 0.462. The quantitative estimate of drug-likeness (QED) is 0.785. The Morgan fingerprint density at radius 1 is 1.56 bits per heavy atom. The van der Waals surface area contributed by atoms with Gasteiger partial charge in [0.05, 0.1) is 7.11 Å². The molecule has 2 N–H and O–H groups in total. The third-order valence-electron chi connectivity index (χ3n) is 2.98. The lowest BCUT2D eigenvalue weighted by Gasteiger charge is -2.17. The van der Waals surface area contributed by atoms with Crippen molar-refractivity contribution in [3.63, 3.8) is 0 Å². The second-order valence-electron chi connectivity index (χ2n) is 4.55. The van der Waals surface area contributed by atoms with Gasteiger partial charge in [-0.15, -0.1) is 0 Å². The number of nitrogens with one attached hydrogen (secondary N) is 1. The third-order valence-corrected chi connectivity index (χ3v) is 2.98. The number of hydrogen-bond acceptors (Lipinski definition) is 4. The first-order chi connectivity index (χ1) is 8.60. The Balaban J connectivity index is 2.16. The number of ether oxygens (including phenoxy) is 1. The van der Waals surface area contributed by atoms with E-state index >= 15 is 0 Å². The molecule has 18 heavy (non-hydrogen) atoms. The van der Waals surface area contributed by atoms with Gasteiger partial charge in [0.1, 0.15) is 17.6 Å². The van der Waals surface area contributed by atoms with Gasteiger partial charge < -0.3 is 15.2 Å². The topological polar surface area (TPSA) is 58.6 Å². The van der Waals surface area contributed by atoms with Crippen LogP contribution in [0.1, 0.15) is 24.4 Å². The molecular weight excluding hydrogens is 237 g/mol. The van der Waals surface area contributed by atoms with Crippen LogP contribution in [-0.4, -0.2) is 24.7 Å². The van der Waals surface area contributed by atoms with E-state index in [9.17, 15) is 14.3 Å². The minimum atomic E-state index is -0.739. The van der Waals surface area contributed by atoms with Gasteiger partial charge in [-0.25, -0.2) is 9.18 Å². The van der Waals surface area contributed by atoms with Gasteiger partial charge in [0.2, 0.25) is 0 Å². The zero-order valence-electron chi connectivity index (χ0n) is 10.1. The van der Waals surface area contributed by atoms with Crippen LogP contribution in [0.25, 0.3) is 0 Å². The first kappa shape index (κ1) is 12.8. The molecule has 0 aromatic heterocycles. The zero-order chi connectivity index (χ0) is 13.1. The highest BCUT2D eigenvalue weighted by molar-refractivity contribution is 5.77. The lowest BCUT2D eigenvalue weighted by atomic mass is 10.1. The monoisotopic (exact) mass is 253 g/mol. The van der Waals surface area contributed by atoms with E-state index in [0.717, 1.165) is 18.9 Å². The Labute approximate surface area is 105 Å². The molecule has 0 amide bonds. The lowest BCUT2D eigenvalue weighted by molar-refractivity contribution is -0.143. The molecule has 1 saturated carbocycles. The zero-order valence-corrected chi connectivity index (χ0v) is 10.1. The molecule has 1 aliphatic rings. The molecule has 0 radical (unpaired) electrons. The number of phenolic OH excluding ortho intramolecular Hbond substituents is 1. The van der Waals surface area contributed by atoms with Crippen LogP contribution < -0.4 is 5.32 Å². The number of phenols is 1. The van der Waals surface area contributed by atoms with Crippen molar-refractivity contribution in [1.29, 1.82) is 0 Å². The van der Waals surface area contributed by atoms with Crippen molar-refractivity contribution < 1.29 is 19.0 Å². The lowest BCUT2D eigenvalue weighted by Crippen LogP contribution is -2.31. The van der Waals surface area contributed by atoms with Crippen LogP contribution in [0.15, 0.2) is 18.2 Å². The summed E-state index contributed by atoms with van der Waals surface area (Å²) in [6.45, 7) is 0.692. The molecule has 1 aromatic carbocycles. The Morgan fingerprint density at radius 3 is 2.83 bits per heavy atom. The van der Waals surface area contributed by atoms with Crippen molar-refractivity contribution in [3.8, 4) is 5.75 Å². The van der Waals surface area contributed by atoms with Crippen LogP contribution in [0.4, 0.5) is 4.39 Å². The van der Waals surface area contributed by atoms with E-state index in [-0.39, 0.29) is 5.75 Å². The van der Waals surface area contributed by atoms with E-state index < -0.39 is 17.8 Å². The van der Waals surface area contributed by atoms with Crippen LogP contribution in [0.2, 0.25) is 0 Å². The van der Waals surface area contributed by atoms with Gasteiger partial charge in [0, 0.05) is 6.07 Å². The smallest absolute Gasteiger partial charge is 0.327 e. The molecular formula is C13H16FNO3. The van der Waals surface area contributed by atoms with Gasteiger partial charge in [-0.3, -0.25) is 0 Å². The van der Waals surface area contributed by atoms with E-state index in [0.29, 0.717) is 18.0 Å². The van der Waals surface area contributed by atoms with Gasteiger partial charge in [-0.2, -0.15) is 0 Å². The molecule has 2 rings (SSSR count). The average Bonchev–Trinajstić information content (AvgIpc) is 3.11. The number of aromatic hydroxyl groups is 1. The second kappa shape index (κ2) is 5.35. The highest BCUT2D eigenvalue weighted by Crippen LogP contribution is 2.29. The van der Waals surface area contributed by atoms with E-state index in [1.54, 1.807) is 0 Å². The maximum absolute atomic E-state index is 13.2. The Kier molecular flexibility index (Phi) is 3.81. The summed E-state index contributed by atoms with van der Waals surface area (Å²) in [5.41, 5.74) is 0.375. The Hall–Kier alpha value is -1.62. The maximum atomic E-state index is 13.2. The molecule has 4 nitrogen and oxygen atoms in total. The van der Waals surface area contributed by atoms with Gasteiger partial charge in [0.25, 0.3) is 0 Å². The van der Waals surface area contributed by atoms with Crippen molar-refractivity contribution in [2.45, 2.75) is 18.9 Å². The fourth-order valence-corrected chi connectivity index (χ4v) is 1.82. The maximum Gasteiger partial charge on any atom is 0.327 e. The minimum Gasteiger partial charge on any atom is -0.508 e. The van der Waals surface area contributed by atoms with Crippen molar-refractivity contribution in [2.75, 3.05) is 13.7 Å². The Morgan fingerprint density at radius 2 is 2.28 bits per heavy atom. The number of benzene rings is 1. The van der Waals surface area contributed by atoms with E-state index in [1.165, 1.54) is 19.2 Å². The van der Waals surface area contributed by atoms with Gasteiger partial charge in [-0.1, -0.05) is 0 Å². The molecule has 1 unspecified atom stereocenters. The number of carbonyl (C=O) groups excluding carboxylic acids is 1. The largest absolute Gasteiger partial charge is 0.508 e.